The van der Waals surface area contributed by atoms with Crippen LogP contribution in [0, 0.1) is 0 Å². The van der Waals surface area contributed by atoms with Crippen LogP contribution < -0.4 is 10.2 Å². The van der Waals surface area contributed by atoms with Crippen molar-refractivity contribution in [1.29, 1.82) is 0 Å². The molecule has 2 aromatic rings. The summed E-state index contributed by atoms with van der Waals surface area (Å²) in [6.45, 7) is -0.0844. The molecule has 2 N–H and O–H groups in total. The molecule has 94 valence electrons. The van der Waals surface area contributed by atoms with E-state index in [1.165, 1.54) is 6.33 Å². The van der Waals surface area contributed by atoms with E-state index in [9.17, 15) is 5.11 Å². The zero-order valence-corrected chi connectivity index (χ0v) is 10.5. The summed E-state index contributed by atoms with van der Waals surface area (Å²) in [5.41, 5.74) is 2.73. The Morgan fingerprint density at radius 3 is 2.56 bits per heavy atom. The molecule has 0 bridgehead atoms. The van der Waals surface area contributed by atoms with E-state index >= 15 is 0 Å². The van der Waals surface area contributed by atoms with Gasteiger partial charge in [-0.15, -0.1) is 0 Å². The highest BCUT2D eigenvalue weighted by Gasteiger charge is 2.03. The number of aliphatic hydroxyl groups excluding tert-OH is 1. The summed E-state index contributed by atoms with van der Waals surface area (Å²) >= 11 is 0. The molecule has 0 aliphatic rings. The number of aromatic nitrogens is 2. The van der Waals surface area contributed by atoms with E-state index in [0.717, 1.165) is 11.4 Å². The van der Waals surface area contributed by atoms with Crippen LogP contribution in [0.1, 0.15) is 5.56 Å². The van der Waals surface area contributed by atoms with Crippen LogP contribution in [-0.4, -0.2) is 29.2 Å². The molecule has 1 aromatic carbocycles. The van der Waals surface area contributed by atoms with Crippen molar-refractivity contribution in [2.75, 3.05) is 24.3 Å². The Hall–Kier alpha value is -2.14. The average molecular weight is 244 g/mol. The highest BCUT2D eigenvalue weighted by Crippen LogP contribution is 2.20. The van der Waals surface area contributed by atoms with Gasteiger partial charge in [0.15, 0.2) is 0 Å². The Bertz CT molecular complexity index is 511. The third-order valence-electron chi connectivity index (χ3n) is 2.60. The van der Waals surface area contributed by atoms with Crippen molar-refractivity contribution >= 4 is 17.2 Å². The van der Waals surface area contributed by atoms with Gasteiger partial charge in [-0.2, -0.15) is 0 Å². The second-order valence-corrected chi connectivity index (χ2v) is 4.12. The summed E-state index contributed by atoms with van der Waals surface area (Å²) in [4.78, 5) is 10.0. The summed E-state index contributed by atoms with van der Waals surface area (Å²) in [6.07, 6.45) is 3.05. The predicted molar refractivity (Wildman–Crippen MR) is 72.0 cm³/mol. The molecule has 0 unspecified atom stereocenters. The molecule has 0 saturated carbocycles. The molecule has 0 fully saturated rings. The van der Waals surface area contributed by atoms with E-state index in [1.54, 1.807) is 6.20 Å². The van der Waals surface area contributed by atoms with Crippen LogP contribution in [0.15, 0.2) is 36.8 Å². The number of hydrogen-bond donors (Lipinski definition) is 2. The van der Waals surface area contributed by atoms with Crippen LogP contribution in [0.2, 0.25) is 0 Å². The lowest BCUT2D eigenvalue weighted by Gasteiger charge is -2.13. The molecule has 0 amide bonds. The maximum Gasteiger partial charge on any atom is 0.139 e. The molecular formula is C13H16N4O. The second kappa shape index (κ2) is 5.46. The third-order valence-corrected chi connectivity index (χ3v) is 2.60. The van der Waals surface area contributed by atoms with Gasteiger partial charge in [-0.3, -0.25) is 0 Å². The molecule has 5 heteroatoms. The largest absolute Gasteiger partial charge is 0.391 e. The van der Waals surface area contributed by atoms with Gasteiger partial charge in [0.2, 0.25) is 0 Å². The molecule has 0 saturated heterocycles. The average Bonchev–Trinajstić information content (AvgIpc) is 2.40. The summed E-state index contributed by atoms with van der Waals surface area (Å²) < 4.78 is 0. The summed E-state index contributed by atoms with van der Waals surface area (Å²) in [5.74, 6) is 0.630. The Balaban J connectivity index is 2.18. The number of aliphatic hydroxyl groups is 1. The van der Waals surface area contributed by atoms with Crippen molar-refractivity contribution in [3.63, 3.8) is 0 Å². The van der Waals surface area contributed by atoms with Gasteiger partial charge in [0.05, 0.1) is 6.61 Å². The van der Waals surface area contributed by atoms with Gasteiger partial charge in [0, 0.05) is 37.2 Å². The first kappa shape index (κ1) is 12.3. The van der Waals surface area contributed by atoms with Crippen molar-refractivity contribution in [3.05, 3.63) is 42.4 Å². The van der Waals surface area contributed by atoms with E-state index in [1.807, 2.05) is 43.3 Å². The van der Waals surface area contributed by atoms with E-state index < -0.39 is 0 Å². The van der Waals surface area contributed by atoms with Crippen LogP contribution in [-0.2, 0) is 6.61 Å². The summed E-state index contributed by atoms with van der Waals surface area (Å²) in [6, 6.07) is 7.97. The number of hydrogen-bond acceptors (Lipinski definition) is 5. The molecule has 1 aromatic heterocycles. The first-order chi connectivity index (χ1) is 8.70. The molecule has 18 heavy (non-hydrogen) atoms. The fraction of sp³-hybridized carbons (Fsp3) is 0.231. The molecule has 0 aliphatic heterocycles. The van der Waals surface area contributed by atoms with Crippen LogP contribution in [0.5, 0.6) is 0 Å². The maximum absolute atomic E-state index is 9.19. The van der Waals surface area contributed by atoms with Gasteiger partial charge in [-0.25, -0.2) is 9.97 Å². The highest BCUT2D eigenvalue weighted by atomic mass is 16.3. The molecule has 0 radical (unpaired) electrons. The lowest BCUT2D eigenvalue weighted by atomic mass is 10.2. The topological polar surface area (TPSA) is 61.3 Å². The van der Waals surface area contributed by atoms with Crippen molar-refractivity contribution in [1.82, 2.24) is 9.97 Å². The molecule has 0 aliphatic carbocycles. The van der Waals surface area contributed by atoms with E-state index in [2.05, 4.69) is 15.3 Å². The van der Waals surface area contributed by atoms with Gasteiger partial charge in [0.1, 0.15) is 12.1 Å². The minimum Gasteiger partial charge on any atom is -0.391 e. The minimum atomic E-state index is -0.0844. The van der Waals surface area contributed by atoms with Crippen molar-refractivity contribution in [2.45, 2.75) is 6.61 Å². The van der Waals surface area contributed by atoms with Gasteiger partial charge in [-0.05, 0) is 24.3 Å². The monoisotopic (exact) mass is 244 g/mol. The van der Waals surface area contributed by atoms with Gasteiger partial charge >= 0.3 is 0 Å². The lowest BCUT2D eigenvalue weighted by molar-refractivity contribution is 0.281. The molecule has 2 rings (SSSR count). The fourth-order valence-electron chi connectivity index (χ4n) is 1.57. The zero-order valence-electron chi connectivity index (χ0n) is 10.5. The number of nitrogens with one attached hydrogen (secondary N) is 1. The second-order valence-electron chi connectivity index (χ2n) is 4.12. The highest BCUT2D eigenvalue weighted by molar-refractivity contribution is 5.62. The predicted octanol–water partition coefficient (Wildman–Crippen LogP) is 1.78. The van der Waals surface area contributed by atoms with Crippen molar-refractivity contribution in [3.8, 4) is 0 Å². The maximum atomic E-state index is 9.19. The number of rotatable bonds is 4. The smallest absolute Gasteiger partial charge is 0.139 e. The Kier molecular flexibility index (Phi) is 3.74. The first-order valence-electron chi connectivity index (χ1n) is 5.65. The van der Waals surface area contributed by atoms with E-state index in [4.69, 9.17) is 0 Å². The van der Waals surface area contributed by atoms with E-state index in [-0.39, 0.29) is 6.61 Å². The number of anilines is 3. The van der Waals surface area contributed by atoms with Gasteiger partial charge < -0.3 is 15.3 Å². The van der Waals surface area contributed by atoms with Crippen LogP contribution in [0.4, 0.5) is 17.2 Å². The Morgan fingerprint density at radius 1 is 1.22 bits per heavy atom. The Labute approximate surface area is 106 Å². The quantitative estimate of drug-likeness (QED) is 0.858. The lowest BCUT2D eigenvalue weighted by Crippen LogP contribution is -2.08. The van der Waals surface area contributed by atoms with Crippen LogP contribution in [0.25, 0.3) is 0 Å². The van der Waals surface area contributed by atoms with Crippen LogP contribution >= 0.6 is 0 Å². The van der Waals surface area contributed by atoms with Crippen molar-refractivity contribution in [2.24, 2.45) is 0 Å². The normalized spacial score (nSPS) is 10.2. The van der Waals surface area contributed by atoms with Gasteiger partial charge in [0.25, 0.3) is 0 Å². The summed E-state index contributed by atoms with van der Waals surface area (Å²) in [7, 11) is 3.99. The molecular weight excluding hydrogens is 228 g/mol. The van der Waals surface area contributed by atoms with Gasteiger partial charge in [-0.1, -0.05) is 0 Å². The fourth-order valence-corrected chi connectivity index (χ4v) is 1.57. The number of benzene rings is 1. The third kappa shape index (κ3) is 2.75. The van der Waals surface area contributed by atoms with Crippen molar-refractivity contribution < 1.29 is 5.11 Å². The SMILES string of the molecule is CN(C)c1ccc(Nc2ncncc2CO)cc1. The molecule has 0 atom stereocenters. The number of nitrogens with zero attached hydrogens (tertiary/aromatic N) is 3. The zero-order chi connectivity index (χ0) is 13.0. The van der Waals surface area contributed by atoms with Crippen LogP contribution in [0.3, 0.4) is 0 Å². The first-order valence-corrected chi connectivity index (χ1v) is 5.65. The summed E-state index contributed by atoms with van der Waals surface area (Å²) in [5, 5.41) is 12.3. The molecule has 0 spiro atoms. The Morgan fingerprint density at radius 2 is 1.94 bits per heavy atom. The standard InChI is InChI=1S/C13H16N4O/c1-17(2)12-5-3-11(4-6-12)16-13-10(8-18)7-14-9-15-13/h3-7,9,18H,8H2,1-2H3,(H,14,15,16). The van der Waals surface area contributed by atoms with E-state index in [0.29, 0.717) is 11.4 Å². The molecule has 5 nitrogen and oxygen atoms in total. The molecule has 1 heterocycles. The minimum absolute atomic E-state index is 0.0844.